The van der Waals surface area contributed by atoms with Crippen LogP contribution in [0.2, 0.25) is 0 Å². The van der Waals surface area contributed by atoms with Crippen molar-refractivity contribution in [2.75, 3.05) is 0 Å². The van der Waals surface area contributed by atoms with E-state index in [2.05, 4.69) is 184 Å². The van der Waals surface area contributed by atoms with Crippen molar-refractivity contribution in [3.63, 3.8) is 0 Å². The fourth-order valence-corrected chi connectivity index (χ4v) is 9.37. The minimum absolute atomic E-state index is 0.154. The highest BCUT2D eigenvalue weighted by molar-refractivity contribution is 6.12. The summed E-state index contributed by atoms with van der Waals surface area (Å²) in [5.41, 5.74) is 15.3. The van der Waals surface area contributed by atoms with E-state index in [1.165, 1.54) is 71.4 Å². The second-order valence-corrected chi connectivity index (χ2v) is 15.7. The van der Waals surface area contributed by atoms with Crippen LogP contribution in [0.15, 0.2) is 194 Å². The summed E-state index contributed by atoms with van der Waals surface area (Å²) in [5.74, 6) is 0.716. The molecule has 57 heavy (non-hydrogen) atoms. The van der Waals surface area contributed by atoms with Crippen molar-refractivity contribution in [2.24, 2.45) is 0 Å². The van der Waals surface area contributed by atoms with Gasteiger partial charge in [-0.2, -0.15) is 0 Å². The first kappa shape index (κ1) is 33.2. The van der Waals surface area contributed by atoms with Crippen LogP contribution >= 0.6 is 0 Å². The molecule has 0 atom stereocenters. The molecule has 268 valence electrons. The minimum Gasteiger partial charge on any atom is -0.228 e. The molecule has 11 rings (SSSR count). The van der Waals surface area contributed by atoms with Gasteiger partial charge in [0.15, 0.2) is 5.82 Å². The lowest BCUT2D eigenvalue weighted by atomic mass is 9.77. The zero-order valence-corrected chi connectivity index (χ0v) is 31.9. The van der Waals surface area contributed by atoms with Gasteiger partial charge in [0.05, 0.1) is 11.4 Å². The number of fused-ring (bicyclic) bond motifs is 6. The van der Waals surface area contributed by atoms with Gasteiger partial charge in [-0.15, -0.1) is 0 Å². The van der Waals surface area contributed by atoms with Gasteiger partial charge in [0.2, 0.25) is 0 Å². The van der Waals surface area contributed by atoms with E-state index in [4.69, 9.17) is 9.97 Å². The number of hydrogen-bond acceptors (Lipinski definition) is 2. The molecule has 0 fully saturated rings. The Labute approximate surface area is 332 Å². The van der Waals surface area contributed by atoms with Gasteiger partial charge in [-0.1, -0.05) is 190 Å². The van der Waals surface area contributed by atoms with E-state index in [0.717, 1.165) is 33.5 Å². The van der Waals surface area contributed by atoms with E-state index in [1.807, 2.05) is 24.3 Å². The maximum absolute atomic E-state index is 5.21. The first-order valence-electron chi connectivity index (χ1n) is 19.7. The zero-order valence-electron chi connectivity index (χ0n) is 31.9. The van der Waals surface area contributed by atoms with Crippen LogP contribution in [0.3, 0.4) is 0 Å². The molecular weight excluding hydrogens is 689 g/mol. The molecule has 1 aliphatic carbocycles. The van der Waals surface area contributed by atoms with Gasteiger partial charge in [-0.3, -0.25) is 0 Å². The predicted octanol–water partition coefficient (Wildman–Crippen LogP) is 14.6. The van der Waals surface area contributed by atoms with Gasteiger partial charge in [0.25, 0.3) is 0 Å². The summed E-state index contributed by atoms with van der Waals surface area (Å²) in [6, 6.07) is 70.1. The third-order valence-corrected chi connectivity index (χ3v) is 12.1. The molecule has 10 aromatic rings. The number of rotatable bonds is 5. The lowest BCUT2D eigenvalue weighted by molar-refractivity contribution is 0.663. The summed E-state index contributed by atoms with van der Waals surface area (Å²) >= 11 is 0. The normalized spacial score (nSPS) is 12.9. The molecule has 2 heteroatoms. The van der Waals surface area contributed by atoms with Crippen LogP contribution in [0.1, 0.15) is 25.0 Å². The van der Waals surface area contributed by atoms with E-state index in [-0.39, 0.29) is 5.41 Å². The lowest BCUT2D eigenvalue weighted by Crippen LogP contribution is -2.16. The molecule has 0 aliphatic heterocycles. The van der Waals surface area contributed by atoms with Gasteiger partial charge >= 0.3 is 0 Å². The fraction of sp³-hybridized carbons (Fsp3) is 0.0545. The molecular formula is C55H38N2. The van der Waals surface area contributed by atoms with Crippen molar-refractivity contribution >= 4 is 32.3 Å². The van der Waals surface area contributed by atoms with Crippen LogP contribution in [0.25, 0.3) is 99.6 Å². The number of nitrogens with zero attached hydrogens (tertiary/aromatic N) is 2. The minimum atomic E-state index is -0.154. The van der Waals surface area contributed by atoms with E-state index >= 15 is 0 Å². The highest BCUT2D eigenvalue weighted by atomic mass is 14.9. The molecule has 9 aromatic carbocycles. The average molecular weight is 727 g/mol. The Morgan fingerprint density at radius 2 is 0.789 bits per heavy atom. The molecule has 0 unspecified atom stereocenters. The first-order chi connectivity index (χ1) is 28.0. The third-order valence-electron chi connectivity index (χ3n) is 12.1. The molecule has 2 nitrogen and oxygen atoms in total. The summed E-state index contributed by atoms with van der Waals surface area (Å²) in [5, 5.41) is 7.42. The highest BCUT2D eigenvalue weighted by Gasteiger charge is 2.38. The van der Waals surface area contributed by atoms with Crippen molar-refractivity contribution in [3.8, 4) is 67.3 Å². The molecule has 0 bridgehead atoms. The van der Waals surface area contributed by atoms with Crippen LogP contribution in [-0.2, 0) is 5.41 Å². The molecule has 0 N–H and O–H groups in total. The van der Waals surface area contributed by atoms with E-state index < -0.39 is 0 Å². The molecule has 1 heterocycles. The van der Waals surface area contributed by atoms with E-state index in [1.54, 1.807) is 0 Å². The van der Waals surface area contributed by atoms with E-state index in [0.29, 0.717) is 5.82 Å². The first-order valence-corrected chi connectivity index (χ1v) is 19.7. The topological polar surface area (TPSA) is 25.8 Å². The SMILES string of the molecule is CC1(C)c2cc3ccccc3cc2-c2cccc(-c3ccc(-c4ccc(-c5cc(-c6ccccc6)nc(-c6ccccc6)n5)c5ccccc45)c4ccccc34)c21. The van der Waals surface area contributed by atoms with Crippen LogP contribution in [0.4, 0.5) is 0 Å². The van der Waals surface area contributed by atoms with Gasteiger partial charge in [0, 0.05) is 22.1 Å². The fourth-order valence-electron chi connectivity index (χ4n) is 9.37. The Bertz CT molecular complexity index is 3140. The Morgan fingerprint density at radius 1 is 0.333 bits per heavy atom. The second-order valence-electron chi connectivity index (χ2n) is 15.7. The smallest absolute Gasteiger partial charge is 0.160 e. The molecule has 0 spiro atoms. The zero-order chi connectivity index (χ0) is 38.1. The molecule has 0 amide bonds. The van der Waals surface area contributed by atoms with Crippen molar-refractivity contribution in [1.29, 1.82) is 0 Å². The predicted molar refractivity (Wildman–Crippen MR) is 239 cm³/mol. The second kappa shape index (κ2) is 13.0. The van der Waals surface area contributed by atoms with Crippen molar-refractivity contribution in [2.45, 2.75) is 19.3 Å². The Hall–Kier alpha value is -7.16. The van der Waals surface area contributed by atoms with Crippen molar-refractivity contribution < 1.29 is 0 Å². The number of benzene rings is 9. The Kier molecular flexibility index (Phi) is 7.55. The summed E-state index contributed by atoms with van der Waals surface area (Å²) in [6.07, 6.45) is 0. The van der Waals surface area contributed by atoms with Crippen molar-refractivity contribution in [1.82, 2.24) is 9.97 Å². The van der Waals surface area contributed by atoms with Crippen LogP contribution in [0.5, 0.6) is 0 Å². The van der Waals surface area contributed by atoms with Crippen molar-refractivity contribution in [3.05, 3.63) is 205 Å². The van der Waals surface area contributed by atoms with Gasteiger partial charge in [0.1, 0.15) is 0 Å². The lowest BCUT2D eigenvalue weighted by Gasteiger charge is -2.25. The Morgan fingerprint density at radius 3 is 1.40 bits per heavy atom. The maximum Gasteiger partial charge on any atom is 0.160 e. The van der Waals surface area contributed by atoms with Crippen LogP contribution in [-0.4, -0.2) is 9.97 Å². The summed E-state index contributed by atoms with van der Waals surface area (Å²) in [4.78, 5) is 10.3. The number of aromatic nitrogens is 2. The maximum atomic E-state index is 5.21. The molecule has 0 saturated carbocycles. The highest BCUT2D eigenvalue weighted by Crippen LogP contribution is 2.54. The van der Waals surface area contributed by atoms with Gasteiger partial charge < -0.3 is 0 Å². The summed E-state index contributed by atoms with van der Waals surface area (Å²) < 4.78 is 0. The molecule has 0 saturated heterocycles. The average Bonchev–Trinajstić information content (AvgIpc) is 3.50. The van der Waals surface area contributed by atoms with E-state index in [9.17, 15) is 0 Å². The molecule has 1 aromatic heterocycles. The van der Waals surface area contributed by atoms with Crippen LogP contribution in [0, 0.1) is 0 Å². The van der Waals surface area contributed by atoms with Crippen LogP contribution < -0.4 is 0 Å². The van der Waals surface area contributed by atoms with Gasteiger partial charge in [-0.05, 0) is 95.0 Å². The summed E-state index contributed by atoms with van der Waals surface area (Å²) in [7, 11) is 0. The van der Waals surface area contributed by atoms with Gasteiger partial charge in [-0.25, -0.2) is 9.97 Å². The monoisotopic (exact) mass is 726 g/mol. The molecule has 1 aliphatic rings. The Balaban J connectivity index is 1.08. The third kappa shape index (κ3) is 5.33. The standard InChI is InChI=1S/C55H38N2/c1-55(2)50-33-38-21-10-9-20-37(38)32-49(50)48-27-15-26-47(53(48)55)45-29-28-43(39-22-11-12-23-40(39)45)44-30-31-46(42-25-14-13-24-41(42)44)52-34-51(35-16-5-3-6-17-35)56-54(57-52)36-18-7-4-8-19-36/h3-34H,1-2H3. The quantitative estimate of drug-likeness (QED) is 0.176. The molecule has 0 radical (unpaired) electrons. The largest absolute Gasteiger partial charge is 0.228 e. The number of hydrogen-bond donors (Lipinski definition) is 0. The summed E-state index contributed by atoms with van der Waals surface area (Å²) in [6.45, 7) is 4.78.